The molecule has 2 aromatic rings. The molecule has 0 radical (unpaired) electrons. The lowest BCUT2D eigenvalue weighted by atomic mass is 9.90. The largest absolute Gasteiger partial charge is 0.483 e. The van der Waals surface area contributed by atoms with Gasteiger partial charge in [0.1, 0.15) is 0 Å². The zero-order valence-corrected chi connectivity index (χ0v) is 43.9. The van der Waals surface area contributed by atoms with E-state index in [0.29, 0.717) is 26.2 Å². The van der Waals surface area contributed by atoms with E-state index in [4.69, 9.17) is 34.8 Å². The Morgan fingerprint density at radius 2 is 0.574 bits per heavy atom. The topological polar surface area (TPSA) is 202 Å². The lowest BCUT2D eigenvalue weighted by Crippen LogP contribution is -2.16. The summed E-state index contributed by atoms with van der Waals surface area (Å²) in [5.41, 5.74) is 0. The monoisotopic (exact) mass is 967 g/mol. The van der Waals surface area contributed by atoms with E-state index in [0.717, 1.165) is 38.5 Å². The van der Waals surface area contributed by atoms with Gasteiger partial charge in [-0.25, -0.2) is 0 Å². The van der Waals surface area contributed by atoms with Crippen molar-refractivity contribution in [3.8, 4) is 0 Å². The summed E-state index contributed by atoms with van der Waals surface area (Å²) in [7, 11) is 0. The van der Waals surface area contributed by atoms with Crippen LogP contribution in [0.25, 0.3) is 0 Å². The number of hydrogen-bond acceptors (Lipinski definition) is 8. The molecule has 1 aliphatic carbocycles. The molecule has 0 saturated heterocycles. The van der Waals surface area contributed by atoms with Gasteiger partial charge in [0.25, 0.3) is 32.4 Å². The van der Waals surface area contributed by atoms with Crippen molar-refractivity contribution in [2.24, 2.45) is 5.92 Å². The molecule has 1 fully saturated rings. The lowest BCUT2D eigenvalue weighted by Gasteiger charge is -2.16. The van der Waals surface area contributed by atoms with Crippen LogP contribution >= 0.6 is 0 Å². The van der Waals surface area contributed by atoms with Gasteiger partial charge in [-0.05, 0) is 25.7 Å². The van der Waals surface area contributed by atoms with Gasteiger partial charge in [0.15, 0.2) is 0 Å². The molecule has 4 N–H and O–H groups in total. The van der Waals surface area contributed by atoms with Crippen molar-refractivity contribution < 1.29 is 58.7 Å². The molecule has 68 heavy (non-hydrogen) atoms. The van der Waals surface area contributed by atoms with Crippen molar-refractivity contribution in [2.75, 3.05) is 13.2 Å². The third-order valence-corrected chi connectivity index (χ3v) is 9.57. The molecule has 0 heterocycles. The number of carboxylic acid groups (broad SMARTS) is 4. The van der Waals surface area contributed by atoms with Gasteiger partial charge in [-0.1, -0.05) is 275 Å². The molecule has 0 aromatic heterocycles. The molecule has 3 rings (SSSR count). The van der Waals surface area contributed by atoms with E-state index in [1.54, 1.807) is 0 Å². The van der Waals surface area contributed by atoms with Crippen LogP contribution in [-0.2, 0) is 38.2 Å². The molecule has 0 spiro atoms. The fourth-order valence-corrected chi connectivity index (χ4v) is 5.85. The predicted octanol–water partition coefficient (Wildman–Crippen LogP) is 15.9. The molecular formula is C56H102O12. The SMILES string of the molecule is CCCCCCCC.CCCCCCCC.CCCCCCCCOC=O.CCCCCCCCOC=O.O=C(O)C1CCCCC1.O=CO.O=CO.O=CO.c1ccccc1.c1ccccc1. The fraction of sp³-hybridized carbons (Fsp3) is 0.679. The number of benzene rings is 2. The van der Waals surface area contributed by atoms with Crippen LogP contribution in [0.1, 0.15) is 228 Å². The Labute approximate surface area is 415 Å². The first-order valence-corrected chi connectivity index (χ1v) is 25.8. The Morgan fingerprint density at radius 1 is 0.382 bits per heavy atom. The van der Waals surface area contributed by atoms with Gasteiger partial charge in [-0.3, -0.25) is 28.8 Å². The molecule has 0 unspecified atom stereocenters. The minimum Gasteiger partial charge on any atom is -0.483 e. The average molecular weight is 967 g/mol. The summed E-state index contributed by atoms with van der Waals surface area (Å²) in [4.78, 5) is 54.9. The first-order valence-electron chi connectivity index (χ1n) is 25.8. The van der Waals surface area contributed by atoms with Crippen molar-refractivity contribution >= 4 is 38.3 Å². The summed E-state index contributed by atoms with van der Waals surface area (Å²) >= 11 is 0. The van der Waals surface area contributed by atoms with E-state index in [9.17, 15) is 14.4 Å². The maximum atomic E-state index is 10.4. The van der Waals surface area contributed by atoms with Gasteiger partial charge < -0.3 is 29.9 Å². The summed E-state index contributed by atoms with van der Waals surface area (Å²) < 4.78 is 9.12. The van der Waals surface area contributed by atoms with Crippen LogP contribution in [0.5, 0.6) is 0 Å². The van der Waals surface area contributed by atoms with Crippen molar-refractivity contribution in [2.45, 2.75) is 228 Å². The third-order valence-electron chi connectivity index (χ3n) is 9.57. The molecule has 1 saturated carbocycles. The molecule has 1 aliphatic rings. The molecule has 12 heteroatoms. The number of carboxylic acids is 1. The minimum absolute atomic E-state index is 0.0289. The first-order chi connectivity index (χ1) is 33.2. The normalized spacial score (nSPS) is 10.2. The maximum Gasteiger partial charge on any atom is 0.306 e. The van der Waals surface area contributed by atoms with Gasteiger partial charge in [-0.15, -0.1) is 0 Å². The molecule has 0 amide bonds. The molecule has 0 atom stereocenters. The summed E-state index contributed by atoms with van der Waals surface area (Å²) in [6.45, 7) is 14.9. The summed E-state index contributed by atoms with van der Waals surface area (Å²) in [5.74, 6) is -0.631. The number of rotatable bonds is 27. The van der Waals surface area contributed by atoms with E-state index in [1.165, 1.54) is 148 Å². The number of carbonyl (C=O) groups excluding carboxylic acids is 2. The van der Waals surface area contributed by atoms with Crippen LogP contribution in [0.2, 0.25) is 0 Å². The molecule has 12 nitrogen and oxygen atoms in total. The Hall–Kier alpha value is -4.74. The summed E-state index contributed by atoms with van der Waals surface area (Å²) in [6.07, 6.45) is 37.0. The van der Waals surface area contributed by atoms with Crippen molar-refractivity contribution in [3.05, 3.63) is 72.8 Å². The molecule has 0 aliphatic heterocycles. The van der Waals surface area contributed by atoms with E-state index >= 15 is 0 Å². The number of carbonyl (C=O) groups is 6. The number of aliphatic carboxylic acids is 1. The van der Waals surface area contributed by atoms with Crippen LogP contribution in [-0.4, -0.2) is 72.0 Å². The van der Waals surface area contributed by atoms with E-state index in [2.05, 4.69) is 51.0 Å². The zero-order chi connectivity index (χ0) is 52.5. The second-order valence-electron chi connectivity index (χ2n) is 15.6. The van der Waals surface area contributed by atoms with Gasteiger partial charge in [0.05, 0.1) is 19.1 Å². The smallest absolute Gasteiger partial charge is 0.306 e. The van der Waals surface area contributed by atoms with Crippen LogP contribution < -0.4 is 0 Å². The van der Waals surface area contributed by atoms with Crippen molar-refractivity contribution in [1.29, 1.82) is 0 Å². The zero-order valence-electron chi connectivity index (χ0n) is 43.9. The Morgan fingerprint density at radius 3 is 0.735 bits per heavy atom. The van der Waals surface area contributed by atoms with Gasteiger partial charge in [0.2, 0.25) is 0 Å². The third kappa shape index (κ3) is 109. The summed E-state index contributed by atoms with van der Waals surface area (Å²) in [5, 5.41) is 29.2. The number of unbranched alkanes of at least 4 members (excludes halogenated alkanes) is 20. The van der Waals surface area contributed by atoms with Crippen LogP contribution in [0.4, 0.5) is 0 Å². The fourth-order valence-electron chi connectivity index (χ4n) is 5.85. The highest BCUT2D eigenvalue weighted by atomic mass is 16.5. The number of hydrogen-bond donors (Lipinski definition) is 4. The Balaban J connectivity index is -0.000000125. The van der Waals surface area contributed by atoms with Crippen LogP contribution in [0.15, 0.2) is 72.8 Å². The predicted molar refractivity (Wildman–Crippen MR) is 282 cm³/mol. The molecule has 2 aromatic carbocycles. The molecule has 398 valence electrons. The molecule has 0 bridgehead atoms. The Kier molecular flexibility index (Phi) is 101. The quantitative estimate of drug-likeness (QED) is 0.0488. The second-order valence-corrected chi connectivity index (χ2v) is 15.6. The highest BCUT2D eigenvalue weighted by Gasteiger charge is 2.19. The average Bonchev–Trinajstić information content (AvgIpc) is 3.37. The van der Waals surface area contributed by atoms with E-state index in [1.807, 2.05) is 72.8 Å². The van der Waals surface area contributed by atoms with Gasteiger partial charge in [0, 0.05) is 0 Å². The van der Waals surface area contributed by atoms with Gasteiger partial charge >= 0.3 is 5.97 Å². The van der Waals surface area contributed by atoms with Crippen LogP contribution in [0.3, 0.4) is 0 Å². The minimum atomic E-state index is -0.602. The van der Waals surface area contributed by atoms with E-state index in [-0.39, 0.29) is 25.3 Å². The number of ether oxygens (including phenoxy) is 2. The van der Waals surface area contributed by atoms with E-state index < -0.39 is 5.97 Å². The Bertz CT molecular complexity index is 972. The maximum absolute atomic E-state index is 10.4. The van der Waals surface area contributed by atoms with Crippen molar-refractivity contribution in [3.63, 3.8) is 0 Å². The summed E-state index contributed by atoms with van der Waals surface area (Å²) in [6, 6.07) is 24.0. The van der Waals surface area contributed by atoms with Gasteiger partial charge in [-0.2, -0.15) is 0 Å². The molecular weight excluding hydrogens is 865 g/mol. The van der Waals surface area contributed by atoms with Crippen molar-refractivity contribution in [1.82, 2.24) is 0 Å². The van der Waals surface area contributed by atoms with Crippen LogP contribution in [0, 0.1) is 5.92 Å². The first kappa shape index (κ1) is 77.5. The second kappa shape index (κ2) is 88.9. The lowest BCUT2D eigenvalue weighted by molar-refractivity contribution is -0.142. The standard InChI is InChI=1S/2C9H18O2.2C8H18.C7H12O2.2C6H6.3CH2O2/c2*1-2-3-4-5-6-7-8-11-9-10;2*1-3-5-7-8-6-4-2;8-7(9)6-4-2-1-3-5-6;2*1-2-4-6-5-3-1;3*2-1-3/h2*9H,2-8H2,1H3;2*3-8H2,1-2H3;6H,1-5H2,(H,8,9);2*1-6H;3*1H,(H,2,3). The highest BCUT2D eigenvalue weighted by Crippen LogP contribution is 2.23. The highest BCUT2D eigenvalue weighted by molar-refractivity contribution is 5.69.